The van der Waals surface area contributed by atoms with E-state index in [4.69, 9.17) is 5.41 Å². The lowest BCUT2D eigenvalue weighted by molar-refractivity contribution is -0.555. The van der Waals surface area contributed by atoms with Crippen LogP contribution in [0, 0.1) is 16.7 Å². The molecule has 0 aliphatic carbocycles. The minimum absolute atomic E-state index is 0.0105. The molecule has 2 aliphatic rings. The molecule has 11 heteroatoms. The van der Waals surface area contributed by atoms with Crippen molar-refractivity contribution in [2.45, 2.75) is 18.6 Å². The SMILES string of the molecule is C[NH2+]/C=C(\C=N)c1cc(C#N)ccc1C1NC(=O)N(c2cccc(C(F)(F)F)c2)C2=C1C(=O)NCC2. The van der Waals surface area contributed by atoms with Gasteiger partial charge < -0.3 is 21.4 Å². The van der Waals surface area contributed by atoms with Gasteiger partial charge in [-0.1, -0.05) is 12.1 Å². The van der Waals surface area contributed by atoms with Gasteiger partial charge in [0.05, 0.1) is 47.1 Å². The molecule has 4 rings (SSSR count). The lowest BCUT2D eigenvalue weighted by Crippen LogP contribution is -2.72. The van der Waals surface area contributed by atoms with Crippen molar-refractivity contribution < 1.29 is 28.1 Å². The molecule has 2 heterocycles. The van der Waals surface area contributed by atoms with Crippen LogP contribution in [0.5, 0.6) is 0 Å². The summed E-state index contributed by atoms with van der Waals surface area (Å²) in [6.07, 6.45) is -1.60. The predicted molar refractivity (Wildman–Crippen MR) is 126 cm³/mol. The number of alkyl halides is 3. The summed E-state index contributed by atoms with van der Waals surface area (Å²) < 4.78 is 40.0. The van der Waals surface area contributed by atoms with E-state index < -0.39 is 29.7 Å². The summed E-state index contributed by atoms with van der Waals surface area (Å²) >= 11 is 0. The maximum absolute atomic E-state index is 13.4. The van der Waals surface area contributed by atoms with Crippen LogP contribution in [0.15, 0.2) is 59.9 Å². The van der Waals surface area contributed by atoms with E-state index in [1.165, 1.54) is 12.1 Å². The summed E-state index contributed by atoms with van der Waals surface area (Å²) in [4.78, 5) is 27.5. The molecule has 184 valence electrons. The Bertz CT molecular complexity index is 1360. The summed E-state index contributed by atoms with van der Waals surface area (Å²) in [6.45, 7) is 0.212. The van der Waals surface area contributed by atoms with Crippen LogP contribution < -0.4 is 20.9 Å². The molecule has 0 spiro atoms. The lowest BCUT2D eigenvalue weighted by atomic mass is 9.86. The van der Waals surface area contributed by atoms with E-state index in [1.807, 2.05) is 6.07 Å². The Hall–Kier alpha value is -4.43. The Balaban J connectivity index is 1.92. The van der Waals surface area contributed by atoms with E-state index in [2.05, 4.69) is 10.6 Å². The smallest absolute Gasteiger partial charge is 0.352 e. The van der Waals surface area contributed by atoms with Crippen molar-refractivity contribution in [3.05, 3.63) is 82.2 Å². The highest BCUT2D eigenvalue weighted by Crippen LogP contribution is 2.40. The van der Waals surface area contributed by atoms with Gasteiger partial charge in [0.25, 0.3) is 5.91 Å². The maximum atomic E-state index is 13.4. The van der Waals surface area contributed by atoms with Crippen LogP contribution in [0.25, 0.3) is 5.57 Å². The number of hydrogen-bond donors (Lipinski definition) is 4. The fourth-order valence-corrected chi connectivity index (χ4v) is 4.42. The normalized spacial score (nSPS) is 18.2. The van der Waals surface area contributed by atoms with Crippen molar-refractivity contribution in [1.82, 2.24) is 10.6 Å². The van der Waals surface area contributed by atoms with Crippen molar-refractivity contribution in [1.29, 1.82) is 10.7 Å². The Morgan fingerprint density at radius 3 is 2.69 bits per heavy atom. The van der Waals surface area contributed by atoms with Crippen LogP contribution in [0.2, 0.25) is 0 Å². The summed E-state index contributed by atoms with van der Waals surface area (Å²) in [5.74, 6) is -0.462. The fraction of sp³-hybridized carbons (Fsp3) is 0.200. The van der Waals surface area contributed by atoms with E-state index in [-0.39, 0.29) is 24.2 Å². The molecular formula is C25H22F3N6O2+. The fourth-order valence-electron chi connectivity index (χ4n) is 4.42. The quantitative estimate of drug-likeness (QED) is 0.477. The third kappa shape index (κ3) is 4.46. The number of nitrogens with one attached hydrogen (secondary N) is 3. The second-order valence-electron chi connectivity index (χ2n) is 8.15. The summed E-state index contributed by atoms with van der Waals surface area (Å²) in [5, 5.41) is 24.5. The number of urea groups is 1. The second kappa shape index (κ2) is 9.67. The van der Waals surface area contributed by atoms with E-state index in [1.54, 1.807) is 36.8 Å². The molecular weight excluding hydrogens is 473 g/mol. The summed E-state index contributed by atoms with van der Waals surface area (Å²) in [5.41, 5.74) is 1.30. The monoisotopic (exact) mass is 495 g/mol. The molecule has 0 bridgehead atoms. The third-order valence-corrected chi connectivity index (χ3v) is 5.97. The van der Waals surface area contributed by atoms with Crippen molar-refractivity contribution in [2.24, 2.45) is 0 Å². The van der Waals surface area contributed by atoms with Gasteiger partial charge in [-0.3, -0.25) is 9.69 Å². The molecule has 0 fully saturated rings. The molecule has 5 N–H and O–H groups in total. The van der Waals surface area contributed by atoms with Gasteiger partial charge in [0.2, 0.25) is 0 Å². The van der Waals surface area contributed by atoms with Gasteiger partial charge in [-0.2, -0.15) is 18.4 Å². The largest absolute Gasteiger partial charge is 0.416 e. The Morgan fingerprint density at radius 1 is 1.25 bits per heavy atom. The van der Waals surface area contributed by atoms with Gasteiger partial charge in [0, 0.05) is 24.9 Å². The number of nitrogens with zero attached hydrogens (tertiary/aromatic N) is 2. The number of benzene rings is 2. The predicted octanol–water partition coefficient (Wildman–Crippen LogP) is 2.81. The van der Waals surface area contributed by atoms with Crippen LogP contribution in [0.4, 0.5) is 23.7 Å². The molecule has 0 saturated heterocycles. The number of rotatable bonds is 5. The van der Waals surface area contributed by atoms with E-state index in [0.29, 0.717) is 28.0 Å². The first-order chi connectivity index (χ1) is 17.2. The van der Waals surface area contributed by atoms with Crippen LogP contribution >= 0.6 is 0 Å². The van der Waals surface area contributed by atoms with Gasteiger partial charge in [-0.05, 0) is 41.5 Å². The first-order valence-corrected chi connectivity index (χ1v) is 11.0. The molecule has 8 nitrogen and oxygen atoms in total. The molecule has 0 saturated carbocycles. The Labute approximate surface area is 204 Å². The zero-order valence-electron chi connectivity index (χ0n) is 19.1. The second-order valence-corrected chi connectivity index (χ2v) is 8.15. The van der Waals surface area contributed by atoms with Crippen molar-refractivity contribution >= 4 is 29.4 Å². The van der Waals surface area contributed by atoms with Crippen LogP contribution in [-0.4, -0.2) is 31.7 Å². The third-order valence-electron chi connectivity index (χ3n) is 5.97. The van der Waals surface area contributed by atoms with Crippen LogP contribution in [0.1, 0.15) is 34.7 Å². The molecule has 36 heavy (non-hydrogen) atoms. The van der Waals surface area contributed by atoms with E-state index >= 15 is 0 Å². The van der Waals surface area contributed by atoms with Gasteiger partial charge in [-0.15, -0.1) is 0 Å². The average molecular weight is 495 g/mol. The first kappa shape index (κ1) is 24.7. The van der Waals surface area contributed by atoms with Crippen molar-refractivity contribution in [3.63, 3.8) is 0 Å². The average Bonchev–Trinajstić information content (AvgIpc) is 2.86. The zero-order chi connectivity index (χ0) is 26.0. The van der Waals surface area contributed by atoms with Crippen molar-refractivity contribution in [2.75, 3.05) is 18.5 Å². The zero-order valence-corrected chi connectivity index (χ0v) is 19.1. The number of quaternary nitrogens is 1. The number of anilines is 1. The Morgan fingerprint density at radius 2 is 2.03 bits per heavy atom. The van der Waals surface area contributed by atoms with Crippen LogP contribution in [-0.2, 0) is 11.0 Å². The lowest BCUT2D eigenvalue weighted by Gasteiger charge is -2.39. The number of hydrogen-bond acceptors (Lipinski definition) is 4. The molecule has 2 aromatic carbocycles. The van der Waals surface area contributed by atoms with Gasteiger partial charge in [0.15, 0.2) is 0 Å². The standard InChI is InChI=1S/C25H21F3N6O2/c1-31-13-15(12-30)19-9-14(11-29)5-6-18(19)22-21-20(7-8-32-23(21)35)34(24(36)33-22)17-4-2-3-16(10-17)25(26,27)28/h2-6,9-10,12-13,22,30-31H,7-8H2,1H3,(H,32,35)(H,33,36)/p+1/b15-13+,30-12?. The minimum Gasteiger partial charge on any atom is -0.352 e. The highest BCUT2D eigenvalue weighted by atomic mass is 19.4. The van der Waals surface area contributed by atoms with Crippen LogP contribution in [0.3, 0.4) is 0 Å². The molecule has 2 aromatic rings. The summed E-state index contributed by atoms with van der Waals surface area (Å²) in [6, 6.07) is 9.51. The van der Waals surface area contributed by atoms with Gasteiger partial charge in [0.1, 0.15) is 6.20 Å². The number of carbonyl (C=O) groups is 2. The molecule has 3 amide bonds. The molecule has 2 aliphatic heterocycles. The number of amides is 3. The highest BCUT2D eigenvalue weighted by molar-refractivity contribution is 6.10. The number of nitrogens with two attached hydrogens (primary N) is 1. The van der Waals surface area contributed by atoms with E-state index in [9.17, 15) is 28.0 Å². The number of nitriles is 1. The first-order valence-electron chi connectivity index (χ1n) is 11.0. The minimum atomic E-state index is -4.60. The summed E-state index contributed by atoms with van der Waals surface area (Å²) in [7, 11) is 1.77. The molecule has 0 aromatic heterocycles. The van der Waals surface area contributed by atoms with Gasteiger partial charge in [-0.25, -0.2) is 4.79 Å². The highest BCUT2D eigenvalue weighted by Gasteiger charge is 2.41. The molecule has 1 atom stereocenters. The van der Waals surface area contributed by atoms with Gasteiger partial charge >= 0.3 is 12.2 Å². The number of halogens is 3. The number of allylic oxidation sites excluding steroid dienone is 1. The number of carbonyl (C=O) groups excluding carboxylic acids is 2. The van der Waals surface area contributed by atoms with Crippen molar-refractivity contribution in [3.8, 4) is 6.07 Å². The molecule has 1 unspecified atom stereocenters. The molecule has 0 radical (unpaired) electrons. The topological polar surface area (TPSA) is 126 Å². The maximum Gasteiger partial charge on any atom is 0.416 e. The Kier molecular flexibility index (Phi) is 6.63. The van der Waals surface area contributed by atoms with E-state index in [0.717, 1.165) is 23.2 Å².